The van der Waals surface area contributed by atoms with Crippen LogP contribution in [0.4, 0.5) is 0 Å². The van der Waals surface area contributed by atoms with Crippen LogP contribution in [0.25, 0.3) is 21.5 Å². The second-order valence-electron chi connectivity index (χ2n) is 3.72. The summed E-state index contributed by atoms with van der Waals surface area (Å²) in [7, 11) is 0. The Morgan fingerprint density at radius 3 is 1.50 bits per heavy atom. The maximum atomic E-state index is 3.71. The highest BCUT2D eigenvalue weighted by Gasteiger charge is 2.08. The number of rotatable bonds is 0. The summed E-state index contributed by atoms with van der Waals surface area (Å²) in [5.41, 5.74) is 0. The van der Waals surface area contributed by atoms with Gasteiger partial charge in [0.15, 0.2) is 0 Å². The van der Waals surface area contributed by atoms with E-state index in [0.717, 1.165) is 0 Å². The molecule has 0 fully saturated rings. The molecule has 0 atom stereocenters. The van der Waals surface area contributed by atoms with Gasteiger partial charge in [-0.15, -0.1) is 0 Å². The standard InChI is InChI=1S/C14H8BrI/c15-13-9-5-1-3-7-11(9)14(16)12-8-4-2-6-10(12)13/h1-8H. The Hall–Kier alpha value is -0.610. The summed E-state index contributed by atoms with van der Waals surface area (Å²) in [6.45, 7) is 0. The molecule has 78 valence electrons. The first-order chi connectivity index (χ1) is 7.79. The highest BCUT2D eigenvalue weighted by atomic mass is 127. The summed E-state index contributed by atoms with van der Waals surface area (Å²) in [4.78, 5) is 0. The molecule has 0 bridgehead atoms. The van der Waals surface area contributed by atoms with Crippen molar-refractivity contribution < 1.29 is 0 Å². The van der Waals surface area contributed by atoms with E-state index >= 15 is 0 Å². The molecule has 0 heterocycles. The number of hydrogen-bond donors (Lipinski definition) is 0. The normalized spacial score (nSPS) is 11.1. The molecule has 0 spiro atoms. The van der Waals surface area contributed by atoms with Crippen molar-refractivity contribution in [1.29, 1.82) is 0 Å². The van der Waals surface area contributed by atoms with Crippen molar-refractivity contribution in [3.05, 3.63) is 56.6 Å². The summed E-state index contributed by atoms with van der Waals surface area (Å²) in [6, 6.07) is 17.0. The van der Waals surface area contributed by atoms with Gasteiger partial charge in [0.1, 0.15) is 0 Å². The van der Waals surface area contributed by atoms with Crippen molar-refractivity contribution in [2.45, 2.75) is 0 Å². The van der Waals surface area contributed by atoms with Gasteiger partial charge in [-0.1, -0.05) is 48.5 Å². The van der Waals surface area contributed by atoms with E-state index < -0.39 is 0 Å². The second kappa shape index (κ2) is 4.00. The zero-order chi connectivity index (χ0) is 11.1. The van der Waals surface area contributed by atoms with E-state index in [-0.39, 0.29) is 0 Å². The number of hydrogen-bond acceptors (Lipinski definition) is 0. The van der Waals surface area contributed by atoms with E-state index in [2.05, 4.69) is 87.1 Å². The third-order valence-electron chi connectivity index (χ3n) is 2.80. The number of fused-ring (bicyclic) bond motifs is 2. The van der Waals surface area contributed by atoms with Crippen LogP contribution < -0.4 is 0 Å². The van der Waals surface area contributed by atoms with Crippen molar-refractivity contribution in [2.24, 2.45) is 0 Å². The lowest BCUT2D eigenvalue weighted by Gasteiger charge is -2.09. The molecule has 0 aliphatic rings. The Balaban J connectivity index is 2.67. The second-order valence-corrected chi connectivity index (χ2v) is 5.59. The first-order valence-electron chi connectivity index (χ1n) is 5.03. The zero-order valence-corrected chi connectivity index (χ0v) is 12.1. The van der Waals surface area contributed by atoms with E-state index in [1.54, 1.807) is 0 Å². The Kier molecular flexibility index (Phi) is 2.64. The van der Waals surface area contributed by atoms with Crippen molar-refractivity contribution in [3.8, 4) is 0 Å². The Bertz CT molecular complexity index is 572. The Morgan fingerprint density at radius 2 is 1.06 bits per heavy atom. The van der Waals surface area contributed by atoms with Crippen LogP contribution in [0, 0.1) is 3.57 Å². The molecule has 2 heteroatoms. The van der Waals surface area contributed by atoms with Gasteiger partial charge >= 0.3 is 0 Å². The van der Waals surface area contributed by atoms with Crippen LogP contribution >= 0.6 is 38.5 Å². The van der Waals surface area contributed by atoms with E-state index in [1.165, 1.54) is 29.6 Å². The molecule has 0 amide bonds. The summed E-state index contributed by atoms with van der Waals surface area (Å²) in [5.74, 6) is 0. The molecule has 0 radical (unpaired) electrons. The van der Waals surface area contributed by atoms with Gasteiger partial charge in [-0.3, -0.25) is 0 Å². The minimum atomic E-state index is 1.19. The fourth-order valence-electron chi connectivity index (χ4n) is 2.02. The van der Waals surface area contributed by atoms with Gasteiger partial charge in [0.25, 0.3) is 0 Å². The van der Waals surface area contributed by atoms with Crippen LogP contribution in [0.2, 0.25) is 0 Å². The van der Waals surface area contributed by atoms with E-state index in [9.17, 15) is 0 Å². The predicted octanol–water partition coefficient (Wildman–Crippen LogP) is 5.36. The maximum absolute atomic E-state index is 3.71. The highest BCUT2D eigenvalue weighted by Crippen LogP contribution is 2.36. The van der Waals surface area contributed by atoms with Crippen LogP contribution in [0.5, 0.6) is 0 Å². The molecular weight excluding hydrogens is 375 g/mol. The molecule has 0 aliphatic heterocycles. The Morgan fingerprint density at radius 1 is 0.688 bits per heavy atom. The molecule has 0 saturated carbocycles. The van der Waals surface area contributed by atoms with E-state index in [1.807, 2.05) is 0 Å². The van der Waals surface area contributed by atoms with Crippen molar-refractivity contribution >= 4 is 60.1 Å². The summed E-state index contributed by atoms with van der Waals surface area (Å²) >= 11 is 6.15. The zero-order valence-electron chi connectivity index (χ0n) is 8.37. The molecule has 3 aromatic rings. The third-order valence-corrected chi connectivity index (χ3v) is 4.82. The van der Waals surface area contributed by atoms with Gasteiger partial charge in [-0.2, -0.15) is 0 Å². The van der Waals surface area contributed by atoms with E-state index in [0.29, 0.717) is 0 Å². The van der Waals surface area contributed by atoms with Gasteiger partial charge in [-0.05, 0) is 60.1 Å². The molecule has 0 aromatic heterocycles. The van der Waals surface area contributed by atoms with Gasteiger partial charge in [0, 0.05) is 8.04 Å². The number of halogens is 2. The SMILES string of the molecule is Brc1c2ccccc2c(I)c2ccccc12. The largest absolute Gasteiger partial charge is 0.0616 e. The molecule has 0 unspecified atom stereocenters. The van der Waals surface area contributed by atoms with Gasteiger partial charge in [-0.25, -0.2) is 0 Å². The Labute approximate surface area is 116 Å². The summed E-state index contributed by atoms with van der Waals surface area (Å²) in [5, 5.41) is 5.19. The monoisotopic (exact) mass is 382 g/mol. The molecule has 3 aromatic carbocycles. The van der Waals surface area contributed by atoms with Crippen molar-refractivity contribution in [2.75, 3.05) is 0 Å². The fraction of sp³-hybridized carbons (Fsp3) is 0. The highest BCUT2D eigenvalue weighted by molar-refractivity contribution is 14.1. The van der Waals surface area contributed by atoms with Crippen LogP contribution in [-0.2, 0) is 0 Å². The van der Waals surface area contributed by atoms with Gasteiger partial charge in [0.2, 0.25) is 0 Å². The minimum Gasteiger partial charge on any atom is -0.0616 e. The first-order valence-corrected chi connectivity index (χ1v) is 6.90. The molecule has 0 aliphatic carbocycles. The minimum absolute atomic E-state index is 1.19. The third kappa shape index (κ3) is 1.47. The average Bonchev–Trinajstić information content (AvgIpc) is 2.36. The smallest absolute Gasteiger partial charge is 0.0332 e. The van der Waals surface area contributed by atoms with Crippen molar-refractivity contribution in [1.82, 2.24) is 0 Å². The van der Waals surface area contributed by atoms with Gasteiger partial charge in [0.05, 0.1) is 0 Å². The summed E-state index contributed by atoms with van der Waals surface area (Å²) in [6.07, 6.45) is 0. The lowest BCUT2D eigenvalue weighted by atomic mass is 10.0. The lowest BCUT2D eigenvalue weighted by molar-refractivity contribution is 1.71. The van der Waals surface area contributed by atoms with E-state index in [4.69, 9.17) is 0 Å². The summed E-state index contributed by atoms with van der Waals surface area (Å²) < 4.78 is 2.52. The fourth-order valence-corrected chi connectivity index (χ4v) is 3.65. The average molecular weight is 383 g/mol. The number of benzene rings is 3. The molecule has 0 saturated heterocycles. The molecular formula is C14H8BrI. The van der Waals surface area contributed by atoms with Crippen molar-refractivity contribution in [3.63, 3.8) is 0 Å². The first kappa shape index (κ1) is 10.5. The van der Waals surface area contributed by atoms with Crippen LogP contribution in [0.3, 0.4) is 0 Å². The lowest BCUT2D eigenvalue weighted by Crippen LogP contribution is -1.84. The van der Waals surface area contributed by atoms with Crippen LogP contribution in [-0.4, -0.2) is 0 Å². The molecule has 0 N–H and O–H groups in total. The molecule has 3 rings (SSSR count). The molecule has 0 nitrogen and oxygen atoms in total. The quantitative estimate of drug-likeness (QED) is 0.362. The predicted molar refractivity (Wildman–Crippen MR) is 81.9 cm³/mol. The van der Waals surface area contributed by atoms with Crippen LogP contribution in [0.15, 0.2) is 53.0 Å². The molecule has 16 heavy (non-hydrogen) atoms. The van der Waals surface area contributed by atoms with Crippen LogP contribution in [0.1, 0.15) is 0 Å². The van der Waals surface area contributed by atoms with Gasteiger partial charge < -0.3 is 0 Å². The topological polar surface area (TPSA) is 0 Å². The maximum Gasteiger partial charge on any atom is 0.0332 e.